The van der Waals surface area contributed by atoms with Crippen molar-refractivity contribution in [1.82, 2.24) is 9.97 Å². The Morgan fingerprint density at radius 1 is 0.963 bits per heavy atom. The van der Waals surface area contributed by atoms with Gasteiger partial charge in [0.2, 0.25) is 0 Å². The second kappa shape index (κ2) is 7.09. The number of hydrogen-bond donors (Lipinski definition) is 0. The van der Waals surface area contributed by atoms with Gasteiger partial charge >= 0.3 is 12.2 Å². The minimum atomic E-state index is -0.946. The van der Waals surface area contributed by atoms with Crippen LogP contribution in [-0.2, 0) is 9.47 Å². The molecule has 0 spiro atoms. The van der Waals surface area contributed by atoms with Gasteiger partial charge in [0.25, 0.3) is 0 Å². The molecule has 0 bridgehead atoms. The smallest absolute Gasteiger partial charge is 0.425 e. The molecule has 0 aliphatic heterocycles. The first-order valence-electron chi connectivity index (χ1n) is 8.45. The van der Waals surface area contributed by atoms with Crippen LogP contribution < -0.4 is 4.90 Å². The van der Waals surface area contributed by atoms with E-state index in [1.807, 2.05) is 0 Å². The van der Waals surface area contributed by atoms with Gasteiger partial charge in [-0.2, -0.15) is 4.90 Å². The number of hydrogen-bond acceptors (Lipinski definition) is 6. The molecule has 1 aromatic carbocycles. The molecule has 0 atom stereocenters. The first kappa shape index (κ1) is 20.5. The maximum Gasteiger partial charge on any atom is 0.425 e. The monoisotopic (exact) mass is 377 g/mol. The largest absolute Gasteiger partial charge is 0.443 e. The number of benzene rings is 1. The van der Waals surface area contributed by atoms with Gasteiger partial charge in [0.1, 0.15) is 23.3 Å². The standard InChI is InChI=1S/C19H24FN3O4/c1-11-8-12-14(9-13(11)20)21-10-22-15(12)23(16(24)26-18(2,3)4)17(25)27-19(5,6)7/h8-10H,1-7H3. The van der Waals surface area contributed by atoms with Crippen LogP contribution in [0.15, 0.2) is 18.5 Å². The van der Waals surface area contributed by atoms with Gasteiger partial charge in [0.15, 0.2) is 5.82 Å². The summed E-state index contributed by atoms with van der Waals surface area (Å²) in [5.41, 5.74) is -1.11. The fraction of sp³-hybridized carbons (Fsp3) is 0.474. The zero-order valence-electron chi connectivity index (χ0n) is 16.6. The molecule has 0 aliphatic carbocycles. The number of ether oxygens (including phenoxy) is 2. The Morgan fingerprint density at radius 2 is 1.48 bits per heavy atom. The van der Waals surface area contributed by atoms with Crippen LogP contribution >= 0.6 is 0 Å². The molecule has 2 amide bonds. The van der Waals surface area contributed by atoms with Crippen molar-refractivity contribution in [3.63, 3.8) is 0 Å². The molecule has 146 valence electrons. The van der Waals surface area contributed by atoms with Crippen molar-refractivity contribution in [3.05, 3.63) is 29.8 Å². The number of imide groups is 1. The summed E-state index contributed by atoms with van der Waals surface area (Å²) in [7, 11) is 0. The van der Waals surface area contributed by atoms with Crippen molar-refractivity contribution < 1.29 is 23.5 Å². The Balaban J connectivity index is 2.63. The molecule has 27 heavy (non-hydrogen) atoms. The highest BCUT2D eigenvalue weighted by Crippen LogP contribution is 2.28. The molecule has 1 aromatic heterocycles. The summed E-state index contributed by atoms with van der Waals surface area (Å²) in [6.45, 7) is 11.6. The van der Waals surface area contributed by atoms with Gasteiger partial charge in [-0.15, -0.1) is 0 Å². The van der Waals surface area contributed by atoms with Crippen LogP contribution in [0.4, 0.5) is 19.8 Å². The predicted molar refractivity (Wildman–Crippen MR) is 99.2 cm³/mol. The summed E-state index contributed by atoms with van der Waals surface area (Å²) in [5, 5.41) is 0.327. The minimum Gasteiger partial charge on any atom is -0.443 e. The third-order valence-corrected chi connectivity index (χ3v) is 3.26. The number of anilines is 1. The van der Waals surface area contributed by atoms with E-state index in [2.05, 4.69) is 9.97 Å². The van der Waals surface area contributed by atoms with E-state index < -0.39 is 29.2 Å². The second-order valence-electron chi connectivity index (χ2n) is 8.11. The molecule has 0 N–H and O–H groups in total. The maximum absolute atomic E-state index is 13.9. The van der Waals surface area contributed by atoms with Crippen molar-refractivity contribution in [2.75, 3.05) is 4.90 Å². The van der Waals surface area contributed by atoms with Crippen molar-refractivity contribution in [1.29, 1.82) is 0 Å². The molecule has 0 radical (unpaired) electrons. The minimum absolute atomic E-state index is 0.0356. The van der Waals surface area contributed by atoms with E-state index >= 15 is 0 Å². The summed E-state index contributed by atoms with van der Waals surface area (Å²) in [6, 6.07) is 2.69. The highest BCUT2D eigenvalue weighted by atomic mass is 19.1. The zero-order chi connectivity index (χ0) is 20.6. The van der Waals surface area contributed by atoms with E-state index in [-0.39, 0.29) is 11.3 Å². The number of fused-ring (bicyclic) bond motifs is 1. The highest BCUT2D eigenvalue weighted by Gasteiger charge is 2.34. The Hall–Kier alpha value is -2.77. The van der Waals surface area contributed by atoms with E-state index in [4.69, 9.17) is 9.47 Å². The molecule has 0 saturated heterocycles. The van der Waals surface area contributed by atoms with Gasteiger partial charge in [0, 0.05) is 11.5 Å². The summed E-state index contributed by atoms with van der Waals surface area (Å²) >= 11 is 0. The van der Waals surface area contributed by atoms with Crippen LogP contribution in [0.3, 0.4) is 0 Å². The predicted octanol–water partition coefficient (Wildman–Crippen LogP) is 4.75. The third kappa shape index (κ3) is 5.12. The lowest BCUT2D eigenvalue weighted by Crippen LogP contribution is -2.44. The molecule has 8 heteroatoms. The Morgan fingerprint density at radius 3 is 1.96 bits per heavy atom. The van der Waals surface area contributed by atoms with Gasteiger partial charge in [-0.1, -0.05) is 0 Å². The normalized spacial score (nSPS) is 12.0. The van der Waals surface area contributed by atoms with Crippen LogP contribution in [0.25, 0.3) is 10.9 Å². The summed E-state index contributed by atoms with van der Waals surface area (Å²) < 4.78 is 24.6. The third-order valence-electron chi connectivity index (χ3n) is 3.26. The molecule has 0 fully saturated rings. The van der Waals surface area contributed by atoms with E-state index in [0.29, 0.717) is 15.8 Å². The first-order chi connectivity index (χ1) is 12.3. The SMILES string of the molecule is Cc1cc2c(N(C(=O)OC(C)(C)C)C(=O)OC(C)(C)C)ncnc2cc1F. The van der Waals surface area contributed by atoms with Crippen LogP contribution in [0.5, 0.6) is 0 Å². The van der Waals surface area contributed by atoms with E-state index in [0.717, 1.165) is 6.33 Å². The number of carbonyl (C=O) groups excluding carboxylic acids is 2. The number of nitrogens with zero attached hydrogens (tertiary/aromatic N) is 3. The molecule has 7 nitrogen and oxygen atoms in total. The average molecular weight is 377 g/mol. The van der Waals surface area contributed by atoms with Crippen LogP contribution in [0, 0.1) is 12.7 Å². The zero-order valence-corrected chi connectivity index (χ0v) is 16.6. The lowest BCUT2D eigenvalue weighted by Gasteiger charge is -2.28. The molecular weight excluding hydrogens is 353 g/mol. The lowest BCUT2D eigenvalue weighted by molar-refractivity contribution is 0.0429. The summed E-state index contributed by atoms with van der Waals surface area (Å²) in [5.74, 6) is -0.486. The number of carbonyl (C=O) groups is 2. The molecule has 0 saturated carbocycles. The van der Waals surface area contributed by atoms with Crippen molar-refractivity contribution in [2.45, 2.75) is 59.7 Å². The molecule has 2 aromatic rings. The van der Waals surface area contributed by atoms with Crippen LogP contribution in [0.1, 0.15) is 47.1 Å². The molecule has 0 aliphatic rings. The lowest BCUT2D eigenvalue weighted by atomic mass is 10.1. The van der Waals surface area contributed by atoms with Gasteiger partial charge in [-0.3, -0.25) is 0 Å². The average Bonchev–Trinajstić information content (AvgIpc) is 2.45. The number of rotatable bonds is 1. The van der Waals surface area contributed by atoms with Crippen molar-refractivity contribution in [3.8, 4) is 0 Å². The fourth-order valence-corrected chi connectivity index (χ4v) is 2.21. The van der Waals surface area contributed by atoms with Gasteiger partial charge in [-0.25, -0.2) is 23.9 Å². The van der Waals surface area contributed by atoms with Crippen LogP contribution in [-0.4, -0.2) is 33.4 Å². The van der Waals surface area contributed by atoms with Gasteiger partial charge in [-0.05, 0) is 60.1 Å². The van der Waals surface area contributed by atoms with E-state index in [9.17, 15) is 14.0 Å². The topological polar surface area (TPSA) is 81.6 Å². The van der Waals surface area contributed by atoms with Crippen molar-refractivity contribution in [2.24, 2.45) is 0 Å². The number of aryl methyl sites for hydroxylation is 1. The first-order valence-corrected chi connectivity index (χ1v) is 8.45. The van der Waals surface area contributed by atoms with E-state index in [1.54, 1.807) is 48.5 Å². The number of aromatic nitrogens is 2. The summed E-state index contributed by atoms with van der Waals surface area (Å²) in [4.78, 5) is 34.3. The molecule has 1 heterocycles. The van der Waals surface area contributed by atoms with Gasteiger partial charge in [0.05, 0.1) is 5.52 Å². The highest BCUT2D eigenvalue weighted by molar-refractivity contribution is 6.13. The maximum atomic E-state index is 13.9. The number of halogens is 1. The van der Waals surface area contributed by atoms with Gasteiger partial charge < -0.3 is 9.47 Å². The molecular formula is C19H24FN3O4. The Bertz CT molecular complexity index is 857. The fourth-order valence-electron chi connectivity index (χ4n) is 2.21. The van der Waals surface area contributed by atoms with Crippen molar-refractivity contribution >= 4 is 28.9 Å². The molecule has 0 unspecified atom stereocenters. The second-order valence-corrected chi connectivity index (χ2v) is 8.11. The Labute approximate surface area is 157 Å². The number of amides is 2. The Kier molecular flexibility index (Phi) is 5.40. The summed E-state index contributed by atoms with van der Waals surface area (Å²) in [6.07, 6.45) is -0.744. The van der Waals surface area contributed by atoms with Crippen LogP contribution in [0.2, 0.25) is 0 Å². The quantitative estimate of drug-likeness (QED) is 0.713. The molecule has 2 rings (SSSR count). The van der Waals surface area contributed by atoms with E-state index in [1.165, 1.54) is 12.1 Å².